The zero-order valence-corrected chi connectivity index (χ0v) is 19.5. The number of carbonyl (C=O) groups excluding carboxylic acids is 1. The number of carbonyl (C=O) groups is 1. The molecule has 3 aromatic rings. The third-order valence-electron chi connectivity index (χ3n) is 5.24. The lowest BCUT2D eigenvalue weighted by molar-refractivity contribution is -0.526. The molecule has 0 fully saturated rings. The second-order valence-corrected chi connectivity index (χ2v) is 8.23. The third-order valence-corrected chi connectivity index (χ3v) is 5.96. The second-order valence-electron chi connectivity index (χ2n) is 7.38. The van der Waals surface area contributed by atoms with E-state index in [0.717, 1.165) is 0 Å². The fourth-order valence-corrected chi connectivity index (χ4v) is 4.19. The summed E-state index contributed by atoms with van der Waals surface area (Å²) >= 11 is 3.30. The van der Waals surface area contributed by atoms with E-state index in [0.29, 0.717) is 20.7 Å². The maximum atomic E-state index is 13.8. The van der Waals surface area contributed by atoms with Gasteiger partial charge in [0.15, 0.2) is 0 Å². The molecule has 0 spiro atoms. The Kier molecular flexibility index (Phi) is 7.93. The Morgan fingerprint density at radius 1 is 1.03 bits per heavy atom. The molecular weight excluding hydrogens is 517 g/mol. The highest BCUT2D eigenvalue weighted by molar-refractivity contribution is 9.10. The van der Waals surface area contributed by atoms with Crippen LogP contribution < -0.4 is 9.64 Å². The molecule has 0 aliphatic heterocycles. The van der Waals surface area contributed by atoms with Crippen molar-refractivity contribution in [3.8, 4) is 5.75 Å². The van der Waals surface area contributed by atoms with Gasteiger partial charge in [-0.05, 0) is 41.5 Å². The number of benzene rings is 3. The third kappa shape index (κ3) is 5.74. The first-order valence-corrected chi connectivity index (χ1v) is 10.9. The SMILES string of the molecule is COc1ccc(N(C(=O)C(F)(F)F)[C@H](c2ccccc2Br)[C@H](Cc2ccccc2)[N+](=O)[O-])cc1. The van der Waals surface area contributed by atoms with E-state index in [-0.39, 0.29) is 17.7 Å². The van der Waals surface area contributed by atoms with Crippen molar-refractivity contribution in [3.05, 3.63) is 105 Å². The van der Waals surface area contributed by atoms with E-state index in [9.17, 15) is 28.1 Å². The van der Waals surface area contributed by atoms with E-state index in [1.165, 1.54) is 37.4 Å². The molecule has 0 saturated carbocycles. The van der Waals surface area contributed by atoms with E-state index in [2.05, 4.69) is 15.9 Å². The second kappa shape index (κ2) is 10.7. The Balaban J connectivity index is 2.25. The van der Waals surface area contributed by atoms with E-state index >= 15 is 0 Å². The van der Waals surface area contributed by atoms with Crippen LogP contribution in [0.25, 0.3) is 0 Å². The van der Waals surface area contributed by atoms with Crippen LogP contribution in [0.1, 0.15) is 17.2 Å². The standard InChI is InChI=1S/C24H20BrF3N2O4/c1-34-18-13-11-17(12-14-18)29(23(31)24(26,27)28)22(19-9-5-6-10-20(19)25)21(30(32)33)15-16-7-3-2-4-8-16/h2-14,21-22H,15H2,1H3/t21-,22+/m0/s1. The lowest BCUT2D eigenvalue weighted by atomic mass is 9.92. The van der Waals surface area contributed by atoms with E-state index in [4.69, 9.17) is 4.74 Å². The lowest BCUT2D eigenvalue weighted by Crippen LogP contribution is -2.49. The molecule has 10 heteroatoms. The average molecular weight is 537 g/mol. The Morgan fingerprint density at radius 3 is 2.15 bits per heavy atom. The first-order chi connectivity index (χ1) is 16.1. The summed E-state index contributed by atoms with van der Waals surface area (Å²) in [6, 6.07) is 16.8. The number of alkyl halides is 3. The number of halogens is 4. The van der Waals surface area contributed by atoms with Gasteiger partial charge in [0.25, 0.3) is 0 Å². The van der Waals surface area contributed by atoms with Gasteiger partial charge in [-0.2, -0.15) is 13.2 Å². The molecular formula is C24H20BrF3N2O4. The molecule has 0 bridgehead atoms. The minimum Gasteiger partial charge on any atom is -0.497 e. The molecule has 1 amide bonds. The van der Waals surface area contributed by atoms with Gasteiger partial charge < -0.3 is 4.74 Å². The van der Waals surface area contributed by atoms with Crippen molar-refractivity contribution in [3.63, 3.8) is 0 Å². The largest absolute Gasteiger partial charge is 0.497 e. The number of nitrogens with zero attached hydrogens (tertiary/aromatic N) is 2. The zero-order chi connectivity index (χ0) is 24.9. The van der Waals surface area contributed by atoms with Crippen LogP contribution in [0, 0.1) is 10.1 Å². The molecule has 0 heterocycles. The van der Waals surface area contributed by atoms with Gasteiger partial charge in [-0.15, -0.1) is 0 Å². The average Bonchev–Trinajstić information content (AvgIpc) is 2.81. The van der Waals surface area contributed by atoms with Crippen LogP contribution in [0.4, 0.5) is 18.9 Å². The maximum Gasteiger partial charge on any atom is 0.471 e. The molecule has 0 aliphatic rings. The molecule has 0 saturated heterocycles. The summed E-state index contributed by atoms with van der Waals surface area (Å²) in [4.78, 5) is 24.9. The van der Waals surface area contributed by atoms with Gasteiger partial charge in [-0.1, -0.05) is 64.5 Å². The zero-order valence-electron chi connectivity index (χ0n) is 17.9. The topological polar surface area (TPSA) is 72.7 Å². The highest BCUT2D eigenvalue weighted by Crippen LogP contribution is 2.39. The number of rotatable bonds is 8. The molecule has 3 rings (SSSR count). The highest BCUT2D eigenvalue weighted by atomic mass is 79.9. The predicted octanol–water partition coefficient (Wildman–Crippen LogP) is 5.98. The van der Waals surface area contributed by atoms with Crippen molar-refractivity contribution in [2.45, 2.75) is 24.7 Å². The van der Waals surface area contributed by atoms with Crippen LogP contribution >= 0.6 is 15.9 Å². The highest BCUT2D eigenvalue weighted by Gasteiger charge is 2.50. The minimum atomic E-state index is -5.27. The number of ether oxygens (including phenoxy) is 1. The number of anilines is 1. The molecule has 0 aromatic heterocycles. The fourth-order valence-electron chi connectivity index (χ4n) is 3.67. The Hall–Kier alpha value is -3.40. The van der Waals surface area contributed by atoms with E-state index in [1.54, 1.807) is 48.5 Å². The van der Waals surface area contributed by atoms with Crippen LogP contribution in [0.3, 0.4) is 0 Å². The smallest absolute Gasteiger partial charge is 0.471 e. The van der Waals surface area contributed by atoms with Gasteiger partial charge in [0.05, 0.1) is 7.11 Å². The van der Waals surface area contributed by atoms with Crippen molar-refractivity contribution in [1.82, 2.24) is 0 Å². The van der Waals surface area contributed by atoms with Gasteiger partial charge in [0, 0.05) is 21.5 Å². The van der Waals surface area contributed by atoms with E-state index in [1.807, 2.05) is 0 Å². The van der Waals surface area contributed by atoms with E-state index < -0.39 is 29.1 Å². The first kappa shape index (κ1) is 25.2. The summed E-state index contributed by atoms with van der Waals surface area (Å²) < 4.78 is 46.8. The number of hydrogen-bond acceptors (Lipinski definition) is 4. The monoisotopic (exact) mass is 536 g/mol. The number of methoxy groups -OCH3 is 1. The van der Waals surface area contributed by atoms with Gasteiger partial charge in [-0.25, -0.2) is 0 Å². The van der Waals surface area contributed by atoms with Crippen molar-refractivity contribution in [2.75, 3.05) is 12.0 Å². The molecule has 0 N–H and O–H groups in total. The molecule has 6 nitrogen and oxygen atoms in total. The quantitative estimate of drug-likeness (QED) is 0.262. The summed E-state index contributed by atoms with van der Waals surface area (Å²) in [7, 11) is 1.39. The van der Waals surface area contributed by atoms with Crippen LogP contribution in [-0.2, 0) is 11.2 Å². The Labute approximate surface area is 202 Å². The summed E-state index contributed by atoms with van der Waals surface area (Å²) in [5.41, 5.74) is 0.577. The summed E-state index contributed by atoms with van der Waals surface area (Å²) in [5.74, 6) is -1.85. The Bertz CT molecular complexity index is 1140. The number of hydrogen-bond donors (Lipinski definition) is 0. The molecule has 0 aliphatic carbocycles. The van der Waals surface area contributed by atoms with Gasteiger partial charge >= 0.3 is 12.1 Å². The molecule has 0 radical (unpaired) electrons. The number of amides is 1. The van der Waals surface area contributed by atoms with Crippen molar-refractivity contribution in [1.29, 1.82) is 0 Å². The normalized spacial score (nSPS) is 13.1. The van der Waals surface area contributed by atoms with Gasteiger partial charge in [0.1, 0.15) is 11.8 Å². The van der Waals surface area contributed by atoms with Crippen molar-refractivity contribution >= 4 is 27.5 Å². The summed E-state index contributed by atoms with van der Waals surface area (Å²) in [6.45, 7) is 0. The summed E-state index contributed by atoms with van der Waals surface area (Å²) in [6.07, 6.45) is -5.47. The molecule has 178 valence electrons. The molecule has 2 atom stereocenters. The lowest BCUT2D eigenvalue weighted by Gasteiger charge is -2.34. The predicted molar refractivity (Wildman–Crippen MR) is 124 cm³/mol. The fraction of sp³-hybridized carbons (Fsp3) is 0.208. The summed E-state index contributed by atoms with van der Waals surface area (Å²) in [5, 5.41) is 12.3. The molecule has 34 heavy (non-hydrogen) atoms. The van der Waals surface area contributed by atoms with Crippen molar-refractivity contribution < 1.29 is 27.6 Å². The van der Waals surface area contributed by atoms with Crippen LogP contribution in [0.5, 0.6) is 5.75 Å². The molecule has 0 unspecified atom stereocenters. The van der Waals surface area contributed by atoms with Gasteiger partial charge in [0.2, 0.25) is 6.04 Å². The van der Waals surface area contributed by atoms with Crippen molar-refractivity contribution in [2.24, 2.45) is 0 Å². The maximum absolute atomic E-state index is 13.8. The van der Waals surface area contributed by atoms with Crippen LogP contribution in [0.15, 0.2) is 83.3 Å². The minimum absolute atomic E-state index is 0.149. The molecule has 3 aromatic carbocycles. The van der Waals surface area contributed by atoms with Crippen LogP contribution in [0.2, 0.25) is 0 Å². The number of nitro groups is 1. The Morgan fingerprint density at radius 2 is 1.62 bits per heavy atom. The first-order valence-electron chi connectivity index (χ1n) is 10.1. The van der Waals surface area contributed by atoms with Crippen LogP contribution in [-0.4, -0.2) is 30.2 Å². The van der Waals surface area contributed by atoms with Gasteiger partial charge in [-0.3, -0.25) is 19.8 Å².